The molecule has 0 aliphatic carbocycles. The Morgan fingerprint density at radius 2 is 1.93 bits per heavy atom. The average molecular weight is 503 g/mol. The number of thiophene rings is 1. The maximum atomic E-state index is 5.36. The van der Waals surface area contributed by atoms with Gasteiger partial charge in [0, 0.05) is 25.6 Å². The molecule has 2 N–H and O–H groups in total. The van der Waals surface area contributed by atoms with Crippen LogP contribution in [-0.4, -0.2) is 39.8 Å². The molecule has 1 unspecified atom stereocenters. The summed E-state index contributed by atoms with van der Waals surface area (Å²) in [6.45, 7) is 6.69. The zero-order valence-corrected chi connectivity index (χ0v) is 19.6. The number of methoxy groups -OCH3 is 2. The molecule has 1 atom stereocenters. The van der Waals surface area contributed by atoms with Crippen molar-refractivity contribution in [2.24, 2.45) is 4.99 Å². The first-order valence-electron chi connectivity index (χ1n) is 8.93. The lowest BCUT2D eigenvalue weighted by molar-refractivity contribution is 0.354. The van der Waals surface area contributed by atoms with Crippen LogP contribution in [0.2, 0.25) is 0 Å². The molecule has 1 aromatic heterocycles. The molecular weight excluding hydrogens is 473 g/mol. The van der Waals surface area contributed by atoms with Crippen LogP contribution in [0.25, 0.3) is 0 Å². The summed E-state index contributed by atoms with van der Waals surface area (Å²) in [6, 6.07) is 8.19. The molecule has 0 bridgehead atoms. The lowest BCUT2D eigenvalue weighted by atomic mass is 10.1. The number of rotatable bonds is 9. The van der Waals surface area contributed by atoms with Gasteiger partial charge in [-0.25, -0.2) is 0 Å². The quantitative estimate of drug-likeness (QED) is 0.305. The molecular formula is C20H30IN3O2S. The highest BCUT2D eigenvalue weighted by Crippen LogP contribution is 2.27. The SMILES string of the molecule is CCNC(=NCC(C)c1ccsc1)NCCc1ccc(OC)c(OC)c1.I. The van der Waals surface area contributed by atoms with Crippen molar-refractivity contribution in [3.05, 3.63) is 46.2 Å². The van der Waals surface area contributed by atoms with Gasteiger partial charge in [-0.2, -0.15) is 11.3 Å². The van der Waals surface area contributed by atoms with Crippen molar-refractivity contribution in [3.63, 3.8) is 0 Å². The van der Waals surface area contributed by atoms with E-state index in [1.165, 1.54) is 11.1 Å². The monoisotopic (exact) mass is 503 g/mol. The van der Waals surface area contributed by atoms with E-state index in [4.69, 9.17) is 14.5 Å². The van der Waals surface area contributed by atoms with Crippen LogP contribution in [0.4, 0.5) is 0 Å². The van der Waals surface area contributed by atoms with E-state index in [1.807, 2.05) is 12.1 Å². The predicted octanol–water partition coefficient (Wildman–Crippen LogP) is 4.28. The third-order valence-electron chi connectivity index (χ3n) is 4.13. The Kier molecular flexibility index (Phi) is 11.2. The summed E-state index contributed by atoms with van der Waals surface area (Å²) in [6.07, 6.45) is 0.880. The normalized spacial score (nSPS) is 12.1. The maximum absolute atomic E-state index is 5.36. The predicted molar refractivity (Wildman–Crippen MR) is 125 cm³/mol. The molecule has 0 spiro atoms. The number of hydrogen-bond acceptors (Lipinski definition) is 4. The van der Waals surface area contributed by atoms with Crippen molar-refractivity contribution in [2.75, 3.05) is 33.9 Å². The molecule has 7 heteroatoms. The van der Waals surface area contributed by atoms with Crippen molar-refractivity contribution < 1.29 is 9.47 Å². The molecule has 0 radical (unpaired) electrons. The van der Waals surface area contributed by atoms with Gasteiger partial charge in [0.2, 0.25) is 0 Å². The number of nitrogens with one attached hydrogen (secondary N) is 2. The summed E-state index contributed by atoms with van der Waals surface area (Å²) in [5, 5.41) is 11.0. The minimum atomic E-state index is 0. The van der Waals surface area contributed by atoms with Gasteiger partial charge in [0.15, 0.2) is 17.5 Å². The Hall–Kier alpha value is -1.48. The number of benzene rings is 1. The highest BCUT2D eigenvalue weighted by atomic mass is 127. The van der Waals surface area contributed by atoms with Crippen LogP contribution in [0.15, 0.2) is 40.0 Å². The first kappa shape index (κ1) is 23.6. The first-order chi connectivity index (χ1) is 12.7. The molecule has 0 aliphatic rings. The van der Waals surface area contributed by atoms with Gasteiger partial charge < -0.3 is 20.1 Å². The van der Waals surface area contributed by atoms with Gasteiger partial charge >= 0.3 is 0 Å². The molecule has 150 valence electrons. The summed E-state index contributed by atoms with van der Waals surface area (Å²) in [5.41, 5.74) is 2.54. The standard InChI is InChI=1S/C20H29N3O2S.HI/c1-5-21-20(23-13-15(2)17-9-11-26-14-17)22-10-8-16-6-7-18(24-3)19(12-16)25-4;/h6-7,9,11-12,14-15H,5,8,10,13H2,1-4H3,(H2,21,22,23);1H. The van der Waals surface area contributed by atoms with E-state index >= 15 is 0 Å². The summed E-state index contributed by atoms with van der Waals surface area (Å²) >= 11 is 1.73. The Balaban J connectivity index is 0.00000364. The smallest absolute Gasteiger partial charge is 0.191 e. The van der Waals surface area contributed by atoms with Gasteiger partial charge in [-0.05, 0) is 53.4 Å². The number of aliphatic imine (C=N–C) groups is 1. The third-order valence-corrected chi connectivity index (χ3v) is 4.84. The molecule has 0 fully saturated rings. The van der Waals surface area contributed by atoms with Gasteiger partial charge in [-0.1, -0.05) is 13.0 Å². The molecule has 0 saturated carbocycles. The van der Waals surface area contributed by atoms with Gasteiger partial charge in [0.1, 0.15) is 0 Å². The number of hydrogen-bond donors (Lipinski definition) is 2. The lowest BCUT2D eigenvalue weighted by Gasteiger charge is -2.14. The second-order valence-corrected chi connectivity index (χ2v) is 6.82. The Morgan fingerprint density at radius 1 is 1.15 bits per heavy atom. The summed E-state index contributed by atoms with van der Waals surface area (Å²) in [4.78, 5) is 4.72. The van der Waals surface area contributed by atoms with E-state index in [-0.39, 0.29) is 24.0 Å². The van der Waals surface area contributed by atoms with Crippen molar-refractivity contribution in [2.45, 2.75) is 26.2 Å². The molecule has 1 aromatic carbocycles. The molecule has 2 aromatic rings. The van der Waals surface area contributed by atoms with Crippen LogP contribution in [0.5, 0.6) is 11.5 Å². The zero-order chi connectivity index (χ0) is 18.8. The number of nitrogens with zero attached hydrogens (tertiary/aromatic N) is 1. The minimum absolute atomic E-state index is 0. The summed E-state index contributed by atoms with van der Waals surface area (Å²) in [5.74, 6) is 2.79. The van der Waals surface area contributed by atoms with Crippen molar-refractivity contribution in [3.8, 4) is 11.5 Å². The van der Waals surface area contributed by atoms with Crippen LogP contribution >= 0.6 is 35.3 Å². The van der Waals surface area contributed by atoms with Crippen molar-refractivity contribution >= 4 is 41.3 Å². The zero-order valence-electron chi connectivity index (χ0n) is 16.5. The average Bonchev–Trinajstić information content (AvgIpc) is 3.20. The van der Waals surface area contributed by atoms with E-state index < -0.39 is 0 Å². The van der Waals surface area contributed by atoms with Gasteiger partial charge in [0.05, 0.1) is 14.2 Å². The topological polar surface area (TPSA) is 54.9 Å². The van der Waals surface area contributed by atoms with Crippen LogP contribution in [-0.2, 0) is 6.42 Å². The largest absolute Gasteiger partial charge is 0.493 e. The lowest BCUT2D eigenvalue weighted by Crippen LogP contribution is -2.38. The molecule has 1 heterocycles. The molecule has 0 saturated heterocycles. The van der Waals surface area contributed by atoms with E-state index in [0.29, 0.717) is 5.92 Å². The summed E-state index contributed by atoms with van der Waals surface area (Å²) < 4.78 is 10.6. The Bertz CT molecular complexity index is 693. The van der Waals surface area contributed by atoms with E-state index in [2.05, 4.69) is 47.4 Å². The second-order valence-electron chi connectivity index (χ2n) is 6.04. The second kappa shape index (κ2) is 12.8. The first-order valence-corrected chi connectivity index (χ1v) is 9.87. The van der Waals surface area contributed by atoms with Gasteiger partial charge in [0.25, 0.3) is 0 Å². The van der Waals surface area contributed by atoms with Gasteiger partial charge in [-0.15, -0.1) is 24.0 Å². The molecule has 27 heavy (non-hydrogen) atoms. The molecule has 2 rings (SSSR count). The summed E-state index contributed by atoms with van der Waals surface area (Å²) in [7, 11) is 3.31. The van der Waals surface area contributed by atoms with Crippen LogP contribution < -0.4 is 20.1 Å². The molecule has 0 amide bonds. The maximum Gasteiger partial charge on any atom is 0.191 e. The third kappa shape index (κ3) is 7.57. The number of ether oxygens (including phenoxy) is 2. The molecule has 5 nitrogen and oxygen atoms in total. The van der Waals surface area contributed by atoms with Crippen molar-refractivity contribution in [1.82, 2.24) is 10.6 Å². The van der Waals surface area contributed by atoms with Gasteiger partial charge in [-0.3, -0.25) is 4.99 Å². The van der Waals surface area contributed by atoms with Crippen LogP contribution in [0, 0.1) is 0 Å². The van der Waals surface area contributed by atoms with E-state index in [0.717, 1.165) is 43.5 Å². The van der Waals surface area contributed by atoms with Crippen molar-refractivity contribution in [1.29, 1.82) is 0 Å². The van der Waals surface area contributed by atoms with Crippen LogP contribution in [0.1, 0.15) is 30.9 Å². The highest BCUT2D eigenvalue weighted by Gasteiger charge is 2.07. The number of guanidine groups is 1. The Labute approximate surface area is 183 Å². The van der Waals surface area contributed by atoms with E-state index in [9.17, 15) is 0 Å². The van der Waals surface area contributed by atoms with E-state index in [1.54, 1.807) is 25.6 Å². The van der Waals surface area contributed by atoms with Crippen LogP contribution in [0.3, 0.4) is 0 Å². The number of halogens is 1. The fraction of sp³-hybridized carbons (Fsp3) is 0.450. The highest BCUT2D eigenvalue weighted by molar-refractivity contribution is 14.0. The molecule has 0 aliphatic heterocycles. The fourth-order valence-corrected chi connectivity index (χ4v) is 3.37. The Morgan fingerprint density at radius 3 is 2.56 bits per heavy atom. The fourth-order valence-electron chi connectivity index (χ4n) is 2.59. The minimum Gasteiger partial charge on any atom is -0.493 e.